The van der Waals surface area contributed by atoms with Crippen LogP contribution in [0.1, 0.15) is 0 Å². The molecule has 0 amide bonds. The zero-order valence-electron chi connectivity index (χ0n) is 10.0. The second-order valence-electron chi connectivity index (χ2n) is 3.83. The van der Waals surface area contributed by atoms with Gasteiger partial charge in [-0.1, -0.05) is 11.6 Å². The molecule has 0 saturated heterocycles. The van der Waals surface area contributed by atoms with Gasteiger partial charge >= 0.3 is 0 Å². The largest absolute Gasteiger partial charge is 0.494 e. The van der Waals surface area contributed by atoms with E-state index in [4.69, 9.17) is 22.1 Å². The molecular weight excluding hydrogens is 274 g/mol. The lowest BCUT2D eigenvalue weighted by molar-refractivity contribution is 0.387. The van der Waals surface area contributed by atoms with Crippen molar-refractivity contribution < 1.29 is 13.5 Å². The van der Waals surface area contributed by atoms with Crippen LogP contribution >= 0.6 is 11.6 Å². The summed E-state index contributed by atoms with van der Waals surface area (Å²) >= 11 is 5.59. The summed E-state index contributed by atoms with van der Waals surface area (Å²) in [5.74, 6) is -1.07. The number of halogens is 3. The van der Waals surface area contributed by atoms with Crippen molar-refractivity contribution in [3.8, 4) is 5.75 Å². The maximum atomic E-state index is 13.4. The molecule has 0 heterocycles. The number of rotatable bonds is 3. The summed E-state index contributed by atoms with van der Waals surface area (Å²) in [5.41, 5.74) is 6.73. The first-order valence-corrected chi connectivity index (χ1v) is 5.74. The van der Waals surface area contributed by atoms with Crippen LogP contribution in [0.5, 0.6) is 5.75 Å². The molecule has 0 unspecified atom stereocenters. The number of anilines is 3. The highest BCUT2D eigenvalue weighted by atomic mass is 35.5. The molecule has 3 N–H and O–H groups in total. The second kappa shape index (κ2) is 5.32. The van der Waals surface area contributed by atoms with Gasteiger partial charge in [-0.25, -0.2) is 8.78 Å². The van der Waals surface area contributed by atoms with E-state index in [1.54, 1.807) is 6.07 Å². The van der Waals surface area contributed by atoms with Crippen LogP contribution in [0.4, 0.5) is 25.8 Å². The number of nitrogen functional groups attached to an aromatic ring is 1. The lowest BCUT2D eigenvalue weighted by Crippen LogP contribution is -1.99. The summed E-state index contributed by atoms with van der Waals surface area (Å²) in [6.07, 6.45) is 0. The summed E-state index contributed by atoms with van der Waals surface area (Å²) in [7, 11) is 1.35. The van der Waals surface area contributed by atoms with Crippen molar-refractivity contribution in [3.05, 3.63) is 47.0 Å². The third-order valence-electron chi connectivity index (χ3n) is 2.52. The Morgan fingerprint density at radius 1 is 1.16 bits per heavy atom. The van der Waals surface area contributed by atoms with Crippen LogP contribution in [0.2, 0.25) is 5.02 Å². The molecule has 0 aliphatic carbocycles. The monoisotopic (exact) mass is 284 g/mol. The summed E-state index contributed by atoms with van der Waals surface area (Å²) in [6.45, 7) is 0. The Kier molecular flexibility index (Phi) is 3.76. The van der Waals surface area contributed by atoms with Crippen LogP contribution in [0.15, 0.2) is 30.3 Å². The van der Waals surface area contributed by atoms with E-state index in [1.165, 1.54) is 25.3 Å². The first-order chi connectivity index (χ1) is 9.01. The fourth-order valence-electron chi connectivity index (χ4n) is 1.56. The van der Waals surface area contributed by atoms with Crippen LogP contribution in [0.3, 0.4) is 0 Å². The predicted octanol–water partition coefficient (Wildman–Crippen LogP) is 3.95. The van der Waals surface area contributed by atoms with Crippen LogP contribution < -0.4 is 15.8 Å². The Morgan fingerprint density at radius 3 is 2.53 bits per heavy atom. The van der Waals surface area contributed by atoms with Gasteiger partial charge in [0.05, 0.1) is 23.5 Å². The van der Waals surface area contributed by atoms with Gasteiger partial charge in [0.15, 0.2) is 11.6 Å². The average molecular weight is 285 g/mol. The van der Waals surface area contributed by atoms with Crippen LogP contribution in [0.25, 0.3) is 0 Å². The Labute approximate surface area is 113 Å². The van der Waals surface area contributed by atoms with Gasteiger partial charge in [0.2, 0.25) is 0 Å². The molecule has 0 radical (unpaired) electrons. The van der Waals surface area contributed by atoms with E-state index in [2.05, 4.69) is 5.32 Å². The van der Waals surface area contributed by atoms with Gasteiger partial charge in [-0.3, -0.25) is 0 Å². The molecule has 2 aromatic carbocycles. The van der Waals surface area contributed by atoms with Gasteiger partial charge < -0.3 is 15.8 Å². The van der Waals surface area contributed by atoms with E-state index < -0.39 is 11.6 Å². The van der Waals surface area contributed by atoms with E-state index in [0.717, 1.165) is 6.07 Å². The van der Waals surface area contributed by atoms with Gasteiger partial charge in [0.1, 0.15) is 5.82 Å². The Balaban J connectivity index is 2.34. The van der Waals surface area contributed by atoms with E-state index in [9.17, 15) is 8.78 Å². The molecule has 0 aromatic heterocycles. The van der Waals surface area contributed by atoms with E-state index in [0.29, 0.717) is 11.4 Å². The molecule has 0 bridgehead atoms. The zero-order valence-corrected chi connectivity index (χ0v) is 10.8. The molecule has 6 heteroatoms. The third-order valence-corrected chi connectivity index (χ3v) is 2.83. The SMILES string of the molecule is COc1cc(Nc2ccc(Cl)c(F)c2)c(N)cc1F. The summed E-state index contributed by atoms with van der Waals surface area (Å²) < 4.78 is 31.5. The average Bonchev–Trinajstić information content (AvgIpc) is 2.37. The number of hydrogen-bond acceptors (Lipinski definition) is 3. The first-order valence-electron chi connectivity index (χ1n) is 5.36. The Morgan fingerprint density at radius 2 is 1.89 bits per heavy atom. The van der Waals surface area contributed by atoms with Crippen LogP contribution in [-0.4, -0.2) is 7.11 Å². The van der Waals surface area contributed by atoms with Crippen molar-refractivity contribution in [2.24, 2.45) is 0 Å². The van der Waals surface area contributed by atoms with Gasteiger partial charge in [-0.15, -0.1) is 0 Å². The van der Waals surface area contributed by atoms with Crippen molar-refractivity contribution in [2.75, 3.05) is 18.2 Å². The van der Waals surface area contributed by atoms with E-state index >= 15 is 0 Å². The van der Waals surface area contributed by atoms with Crippen LogP contribution in [0, 0.1) is 11.6 Å². The molecule has 2 aromatic rings. The minimum Gasteiger partial charge on any atom is -0.494 e. The van der Waals surface area contributed by atoms with E-state index in [1.807, 2.05) is 0 Å². The molecule has 19 heavy (non-hydrogen) atoms. The molecule has 0 saturated carbocycles. The lowest BCUT2D eigenvalue weighted by Gasteiger charge is -2.12. The summed E-state index contributed by atoms with van der Waals surface area (Å²) in [6, 6.07) is 6.75. The highest BCUT2D eigenvalue weighted by Crippen LogP contribution is 2.31. The molecule has 2 rings (SSSR count). The van der Waals surface area contributed by atoms with Gasteiger partial charge in [0, 0.05) is 17.8 Å². The highest BCUT2D eigenvalue weighted by Gasteiger charge is 2.09. The number of methoxy groups -OCH3 is 1. The molecule has 0 spiro atoms. The quantitative estimate of drug-likeness (QED) is 0.839. The van der Waals surface area contributed by atoms with Crippen molar-refractivity contribution in [1.82, 2.24) is 0 Å². The normalized spacial score (nSPS) is 10.3. The molecular formula is C13H11ClF2N2O. The van der Waals surface area contributed by atoms with Gasteiger partial charge in [-0.2, -0.15) is 0 Å². The molecule has 0 aliphatic rings. The maximum absolute atomic E-state index is 13.4. The standard InChI is InChI=1S/C13H11ClF2N2O/c1-19-13-6-12(11(17)5-10(13)16)18-7-2-3-8(14)9(15)4-7/h2-6,18H,17H2,1H3. The van der Waals surface area contributed by atoms with Crippen molar-refractivity contribution in [2.45, 2.75) is 0 Å². The third kappa shape index (κ3) is 2.88. The molecule has 0 fully saturated rings. The van der Waals surface area contributed by atoms with E-state index in [-0.39, 0.29) is 16.5 Å². The first kappa shape index (κ1) is 13.4. The lowest BCUT2D eigenvalue weighted by atomic mass is 10.2. The van der Waals surface area contributed by atoms with Crippen molar-refractivity contribution >= 4 is 28.7 Å². The maximum Gasteiger partial charge on any atom is 0.167 e. The molecule has 0 aliphatic heterocycles. The smallest absolute Gasteiger partial charge is 0.167 e. The molecule has 3 nitrogen and oxygen atoms in total. The molecule has 100 valence electrons. The van der Waals surface area contributed by atoms with Crippen LogP contribution in [-0.2, 0) is 0 Å². The fourth-order valence-corrected chi connectivity index (χ4v) is 1.68. The second-order valence-corrected chi connectivity index (χ2v) is 4.24. The number of nitrogens with one attached hydrogen (secondary N) is 1. The van der Waals surface area contributed by atoms with Crippen molar-refractivity contribution in [3.63, 3.8) is 0 Å². The highest BCUT2D eigenvalue weighted by molar-refractivity contribution is 6.30. The number of ether oxygens (including phenoxy) is 1. The minimum absolute atomic E-state index is 0.0233. The predicted molar refractivity (Wildman–Crippen MR) is 72.1 cm³/mol. The Hall–Kier alpha value is -2.01. The van der Waals surface area contributed by atoms with Crippen molar-refractivity contribution in [1.29, 1.82) is 0 Å². The number of benzene rings is 2. The van der Waals surface area contributed by atoms with Gasteiger partial charge in [0.25, 0.3) is 0 Å². The van der Waals surface area contributed by atoms with Gasteiger partial charge in [-0.05, 0) is 18.2 Å². The fraction of sp³-hybridized carbons (Fsp3) is 0.0769. The zero-order chi connectivity index (χ0) is 14.0. The number of hydrogen-bond donors (Lipinski definition) is 2. The number of nitrogens with two attached hydrogens (primary N) is 1. The minimum atomic E-state index is -0.562. The topological polar surface area (TPSA) is 47.3 Å². The summed E-state index contributed by atoms with van der Waals surface area (Å²) in [5, 5.41) is 2.90. The summed E-state index contributed by atoms with van der Waals surface area (Å²) in [4.78, 5) is 0. The Bertz CT molecular complexity index is 620. The molecule has 0 atom stereocenters.